The fourth-order valence-electron chi connectivity index (χ4n) is 5.87. The maximum atomic E-state index is 13.5. The van der Waals surface area contributed by atoms with E-state index in [4.69, 9.17) is 9.73 Å². The first-order valence-corrected chi connectivity index (χ1v) is 15.3. The molecule has 3 aromatic rings. The Kier molecular flexibility index (Phi) is 10.4. The molecule has 0 spiro atoms. The minimum Gasteiger partial charge on any atom is -0.480 e. The highest BCUT2D eigenvalue weighted by Gasteiger charge is 2.40. The van der Waals surface area contributed by atoms with E-state index in [2.05, 4.69) is 10.2 Å². The second kappa shape index (κ2) is 14.8. The first-order valence-electron chi connectivity index (χ1n) is 15.3. The van der Waals surface area contributed by atoms with Crippen LogP contribution in [0, 0.1) is 5.92 Å². The molecule has 45 heavy (non-hydrogen) atoms. The number of carboxylic acids is 1. The number of aliphatic carboxylic acids is 1. The van der Waals surface area contributed by atoms with E-state index in [-0.39, 0.29) is 25.5 Å². The van der Waals surface area contributed by atoms with Gasteiger partial charge in [-0.1, -0.05) is 92.2 Å². The Morgan fingerprint density at radius 1 is 0.933 bits per heavy atom. The summed E-state index contributed by atoms with van der Waals surface area (Å²) in [5.41, 5.74) is 2.86. The number of carbonyl (C=O) groups excluding carboxylic acids is 3. The summed E-state index contributed by atoms with van der Waals surface area (Å²) in [5.74, 6) is -2.68. The van der Waals surface area contributed by atoms with Crippen molar-refractivity contribution in [3.63, 3.8) is 0 Å². The Labute approximate surface area is 262 Å². The minimum absolute atomic E-state index is 0.0297. The van der Waals surface area contributed by atoms with Crippen molar-refractivity contribution in [1.82, 2.24) is 9.80 Å². The third-order valence-electron chi connectivity index (χ3n) is 8.20. The molecule has 0 bridgehead atoms. The van der Waals surface area contributed by atoms with Gasteiger partial charge in [-0.05, 0) is 43.5 Å². The quantitative estimate of drug-likeness (QED) is 0.288. The number of para-hydroxylation sites is 1. The highest BCUT2D eigenvalue weighted by Crippen LogP contribution is 2.30. The number of benzene rings is 3. The number of likely N-dealkylation sites (tertiary alicyclic amines) is 1. The highest BCUT2D eigenvalue weighted by molar-refractivity contribution is 6.17. The Morgan fingerprint density at radius 3 is 2.27 bits per heavy atom. The molecular weight excluding hydrogens is 572 g/mol. The van der Waals surface area contributed by atoms with Crippen LogP contribution in [-0.4, -0.2) is 76.8 Å². The molecule has 10 nitrogen and oxygen atoms in total. The van der Waals surface area contributed by atoms with Gasteiger partial charge in [0.15, 0.2) is 6.04 Å². The number of carbonyl (C=O) groups is 4. The Balaban J connectivity index is 1.42. The van der Waals surface area contributed by atoms with Gasteiger partial charge >= 0.3 is 12.1 Å². The second-order valence-electron chi connectivity index (χ2n) is 11.5. The average molecular weight is 611 g/mol. The monoisotopic (exact) mass is 610 g/mol. The van der Waals surface area contributed by atoms with Gasteiger partial charge in [-0.2, -0.15) is 0 Å². The number of anilines is 1. The summed E-state index contributed by atoms with van der Waals surface area (Å²) in [6, 6.07) is 23.5. The molecule has 0 aromatic heterocycles. The molecule has 3 aromatic carbocycles. The van der Waals surface area contributed by atoms with Crippen LogP contribution in [0.2, 0.25) is 0 Å². The maximum Gasteiger partial charge on any atom is 0.417 e. The lowest BCUT2D eigenvalue weighted by atomic mass is 9.95. The number of ether oxygens (including phenoxy) is 1. The predicted molar refractivity (Wildman–Crippen MR) is 170 cm³/mol. The molecule has 0 saturated carbocycles. The van der Waals surface area contributed by atoms with Crippen molar-refractivity contribution in [3.05, 3.63) is 102 Å². The topological polar surface area (TPSA) is 129 Å². The molecule has 10 heteroatoms. The van der Waals surface area contributed by atoms with Crippen LogP contribution in [0.5, 0.6) is 0 Å². The predicted octanol–water partition coefficient (Wildman–Crippen LogP) is 5.15. The zero-order valence-electron chi connectivity index (χ0n) is 25.3. The molecular formula is C35H38N4O6. The van der Waals surface area contributed by atoms with Gasteiger partial charge in [0.05, 0.1) is 17.9 Å². The van der Waals surface area contributed by atoms with E-state index in [1.54, 1.807) is 31.2 Å². The maximum absolute atomic E-state index is 13.5. The van der Waals surface area contributed by atoms with E-state index in [0.29, 0.717) is 22.5 Å². The van der Waals surface area contributed by atoms with Crippen molar-refractivity contribution in [2.75, 3.05) is 31.6 Å². The van der Waals surface area contributed by atoms with Crippen LogP contribution in [0.1, 0.15) is 55.3 Å². The van der Waals surface area contributed by atoms with Crippen molar-refractivity contribution in [2.45, 2.75) is 44.7 Å². The molecule has 5 rings (SSSR count). The fraction of sp³-hybridized carbons (Fsp3) is 0.343. The van der Waals surface area contributed by atoms with Crippen LogP contribution >= 0.6 is 0 Å². The van der Waals surface area contributed by atoms with E-state index in [9.17, 15) is 24.3 Å². The lowest BCUT2D eigenvalue weighted by Crippen LogP contribution is -2.38. The Morgan fingerprint density at radius 2 is 1.58 bits per heavy atom. The van der Waals surface area contributed by atoms with Gasteiger partial charge in [0.2, 0.25) is 11.8 Å². The summed E-state index contributed by atoms with van der Waals surface area (Å²) in [4.78, 5) is 59.7. The summed E-state index contributed by atoms with van der Waals surface area (Å²) < 4.78 is 5.20. The number of aliphatic imine (C=N–C) groups is 1. The zero-order chi connectivity index (χ0) is 31.8. The fourth-order valence-corrected chi connectivity index (χ4v) is 5.87. The summed E-state index contributed by atoms with van der Waals surface area (Å²) in [6.45, 7) is 3.69. The summed E-state index contributed by atoms with van der Waals surface area (Å²) >= 11 is 0. The minimum atomic E-state index is -1.32. The van der Waals surface area contributed by atoms with Gasteiger partial charge in [0.1, 0.15) is 12.6 Å². The molecule has 0 aliphatic carbocycles. The first kappa shape index (κ1) is 31.6. The number of carboxylic acid groups (broad SMARTS) is 1. The SMILES string of the molecule is C[C@@H](CC(=O)N1C(=O)OC[C@@H]1c1ccccc1)[C@H](N=C(c1ccccc1)c1ccccc1NC(=O)CN1CCCCC1)C(=O)O. The van der Waals surface area contributed by atoms with Crippen molar-refractivity contribution in [3.8, 4) is 0 Å². The van der Waals surface area contributed by atoms with Crippen LogP contribution in [0.25, 0.3) is 0 Å². The number of piperidine rings is 1. The third-order valence-corrected chi connectivity index (χ3v) is 8.20. The molecule has 2 fully saturated rings. The third kappa shape index (κ3) is 7.82. The van der Waals surface area contributed by atoms with E-state index in [0.717, 1.165) is 36.4 Å². The molecule has 2 saturated heterocycles. The zero-order valence-corrected chi connectivity index (χ0v) is 25.3. The molecule has 2 aliphatic rings. The lowest BCUT2D eigenvalue weighted by molar-refractivity contribution is -0.140. The van der Waals surface area contributed by atoms with Crippen LogP contribution in [0.3, 0.4) is 0 Å². The highest BCUT2D eigenvalue weighted by atomic mass is 16.6. The molecule has 2 N–H and O–H groups in total. The lowest BCUT2D eigenvalue weighted by Gasteiger charge is -2.26. The Hall–Kier alpha value is -4.83. The number of cyclic esters (lactones) is 1. The van der Waals surface area contributed by atoms with Crippen LogP contribution in [0.15, 0.2) is 89.9 Å². The van der Waals surface area contributed by atoms with Gasteiger partial charge in [-0.25, -0.2) is 14.5 Å². The summed E-state index contributed by atoms with van der Waals surface area (Å²) in [7, 11) is 0. The van der Waals surface area contributed by atoms with Crippen LogP contribution in [0.4, 0.5) is 10.5 Å². The molecule has 0 unspecified atom stereocenters. The number of amides is 3. The summed E-state index contributed by atoms with van der Waals surface area (Å²) in [5, 5.41) is 13.4. The molecule has 0 radical (unpaired) electrons. The van der Waals surface area contributed by atoms with Crippen LogP contribution in [-0.2, 0) is 19.1 Å². The van der Waals surface area contributed by atoms with E-state index < -0.39 is 36.0 Å². The molecule has 2 heterocycles. The number of rotatable bonds is 11. The molecule has 3 atom stereocenters. The molecule has 234 valence electrons. The average Bonchev–Trinajstić information content (AvgIpc) is 3.44. The van der Waals surface area contributed by atoms with Crippen molar-refractivity contribution in [1.29, 1.82) is 0 Å². The smallest absolute Gasteiger partial charge is 0.417 e. The second-order valence-corrected chi connectivity index (χ2v) is 11.5. The molecule has 3 amide bonds. The number of hydrogen-bond donors (Lipinski definition) is 2. The van der Waals surface area contributed by atoms with Gasteiger partial charge in [0, 0.05) is 17.5 Å². The molecule has 2 aliphatic heterocycles. The summed E-state index contributed by atoms with van der Waals surface area (Å²) in [6.07, 6.45) is 2.31. The Bertz CT molecular complexity index is 1540. The number of hydrogen-bond acceptors (Lipinski definition) is 7. The number of imide groups is 1. The van der Waals surface area contributed by atoms with Gasteiger partial charge in [0.25, 0.3) is 0 Å². The van der Waals surface area contributed by atoms with E-state index in [1.807, 2.05) is 60.7 Å². The van der Waals surface area contributed by atoms with Crippen molar-refractivity contribution in [2.24, 2.45) is 10.9 Å². The van der Waals surface area contributed by atoms with Crippen molar-refractivity contribution < 1.29 is 29.0 Å². The van der Waals surface area contributed by atoms with E-state index in [1.165, 1.54) is 6.42 Å². The largest absolute Gasteiger partial charge is 0.480 e. The van der Waals surface area contributed by atoms with Gasteiger partial charge in [-0.3, -0.25) is 19.5 Å². The number of nitrogens with one attached hydrogen (secondary N) is 1. The normalized spacial score (nSPS) is 18.6. The number of nitrogens with zero attached hydrogens (tertiary/aromatic N) is 3. The van der Waals surface area contributed by atoms with E-state index >= 15 is 0 Å². The van der Waals surface area contributed by atoms with Gasteiger partial charge < -0.3 is 15.2 Å². The van der Waals surface area contributed by atoms with Crippen molar-refractivity contribution >= 4 is 35.3 Å². The van der Waals surface area contributed by atoms with Gasteiger partial charge in [-0.15, -0.1) is 0 Å². The standard InChI is InChI=1S/C35H38N4O6/c1-24(21-31(41)39-29(23-45-35(39)44)25-13-5-2-6-14-25)32(34(42)43)37-33(26-15-7-3-8-16-26)27-17-9-10-18-28(27)36-30(40)22-38-19-11-4-12-20-38/h2-3,5-10,13-18,24,29,32H,4,11-12,19-23H2,1H3,(H,36,40)(H,42,43)/t24-,29+,32-/m0/s1. The van der Waals surface area contributed by atoms with Crippen LogP contribution < -0.4 is 5.32 Å². The first-order chi connectivity index (χ1) is 21.8.